The second kappa shape index (κ2) is 6.96. The van der Waals surface area contributed by atoms with E-state index in [1.165, 1.54) is 23.9 Å². The van der Waals surface area contributed by atoms with Crippen LogP contribution in [0, 0.1) is 12.7 Å². The number of carbonyl (C=O) groups excluding carboxylic acids is 1. The van der Waals surface area contributed by atoms with Crippen LogP contribution in [0.15, 0.2) is 40.1 Å². The largest absolute Gasteiger partial charge is 0.462 e. The maximum atomic E-state index is 13.4. The smallest absolute Gasteiger partial charge is 0.340 e. The summed E-state index contributed by atoms with van der Waals surface area (Å²) < 4.78 is 20.1. The molecule has 124 valence electrons. The zero-order chi connectivity index (χ0) is 17.1. The molecule has 2 heterocycles. The van der Waals surface area contributed by atoms with Gasteiger partial charge in [-0.25, -0.2) is 9.18 Å². The summed E-state index contributed by atoms with van der Waals surface area (Å²) in [5.41, 5.74) is 1.41. The van der Waals surface area contributed by atoms with Gasteiger partial charge in [-0.05, 0) is 37.6 Å². The van der Waals surface area contributed by atoms with Gasteiger partial charge in [-0.3, -0.25) is 0 Å². The van der Waals surface area contributed by atoms with Gasteiger partial charge >= 0.3 is 5.97 Å². The first-order chi connectivity index (χ1) is 11.6. The topological polar surface area (TPSA) is 69.4 Å². The summed E-state index contributed by atoms with van der Waals surface area (Å²) in [6, 6.07) is 6.01. The van der Waals surface area contributed by atoms with Gasteiger partial charge in [-0.15, -0.1) is 10.2 Å². The first kappa shape index (κ1) is 16.4. The van der Waals surface area contributed by atoms with Crippen molar-refractivity contribution in [3.8, 4) is 0 Å². The molecule has 3 rings (SSSR count). The van der Waals surface area contributed by atoms with Crippen molar-refractivity contribution in [2.24, 2.45) is 5.10 Å². The summed E-state index contributed by atoms with van der Waals surface area (Å²) in [6.45, 7) is 3.76. The Hall–Kier alpha value is -2.48. The van der Waals surface area contributed by atoms with Crippen LogP contribution in [0.3, 0.4) is 0 Å². The van der Waals surface area contributed by atoms with E-state index in [1.54, 1.807) is 36.7 Å². The van der Waals surface area contributed by atoms with Crippen molar-refractivity contribution >= 4 is 29.5 Å². The number of aryl methyl sites for hydroxylation is 1. The molecule has 0 spiro atoms. The molecule has 0 atom stereocenters. The number of halogens is 1. The number of ether oxygens (including phenoxy) is 1. The Bertz CT molecular complexity index is 844. The van der Waals surface area contributed by atoms with Gasteiger partial charge in [0.25, 0.3) is 0 Å². The third-order valence-corrected chi connectivity index (χ3v) is 4.22. The Morgan fingerprint density at radius 1 is 1.46 bits per heavy atom. The average Bonchev–Trinajstić information content (AvgIpc) is 2.94. The number of carbonyl (C=O) groups is 1. The quantitative estimate of drug-likeness (QED) is 0.629. The summed E-state index contributed by atoms with van der Waals surface area (Å²) in [5.74, 6) is 0.223. The summed E-state index contributed by atoms with van der Waals surface area (Å²) in [6.07, 6.45) is 1.59. The highest BCUT2D eigenvalue weighted by Gasteiger charge is 2.24. The lowest BCUT2D eigenvalue weighted by Crippen LogP contribution is -2.21. The Morgan fingerprint density at radius 2 is 2.29 bits per heavy atom. The van der Waals surface area contributed by atoms with Gasteiger partial charge in [0.2, 0.25) is 5.16 Å². The molecule has 8 heteroatoms. The Kier molecular flexibility index (Phi) is 4.75. The highest BCUT2D eigenvalue weighted by Crippen LogP contribution is 2.25. The van der Waals surface area contributed by atoms with Crippen molar-refractivity contribution in [3.05, 3.63) is 47.0 Å². The van der Waals surface area contributed by atoms with Crippen molar-refractivity contribution in [1.29, 1.82) is 0 Å². The van der Waals surface area contributed by atoms with Crippen molar-refractivity contribution in [2.45, 2.75) is 19.0 Å². The van der Waals surface area contributed by atoms with E-state index in [9.17, 15) is 9.18 Å². The van der Waals surface area contributed by atoms with Gasteiger partial charge in [-0.1, -0.05) is 23.9 Å². The molecule has 0 radical (unpaired) electrons. The van der Waals surface area contributed by atoms with Gasteiger partial charge < -0.3 is 4.74 Å². The number of fused-ring (bicyclic) bond motifs is 1. The summed E-state index contributed by atoms with van der Waals surface area (Å²) in [7, 11) is 0. The van der Waals surface area contributed by atoms with Crippen LogP contribution in [0.25, 0.3) is 6.08 Å². The van der Waals surface area contributed by atoms with E-state index in [2.05, 4.69) is 15.3 Å². The van der Waals surface area contributed by atoms with Crippen LogP contribution < -0.4 is 0 Å². The van der Waals surface area contributed by atoms with Crippen LogP contribution in [0.5, 0.6) is 0 Å². The van der Waals surface area contributed by atoms with Crippen molar-refractivity contribution in [2.75, 3.05) is 12.4 Å². The second-order valence-electron chi connectivity index (χ2n) is 5.01. The number of benzene rings is 1. The highest BCUT2D eigenvalue weighted by molar-refractivity contribution is 7.99. The molecular formula is C16H15FN4O2S. The summed E-state index contributed by atoms with van der Waals surface area (Å²) >= 11 is 1.43. The van der Waals surface area contributed by atoms with Crippen LogP contribution >= 0.6 is 11.8 Å². The normalized spacial score (nSPS) is 14.1. The van der Waals surface area contributed by atoms with Crippen LogP contribution in [0.4, 0.5) is 4.39 Å². The van der Waals surface area contributed by atoms with Gasteiger partial charge in [0.15, 0.2) is 5.82 Å². The minimum Gasteiger partial charge on any atom is -0.462 e. The molecular weight excluding hydrogens is 331 g/mol. The monoisotopic (exact) mass is 346 g/mol. The fourth-order valence-electron chi connectivity index (χ4n) is 2.19. The summed E-state index contributed by atoms with van der Waals surface area (Å²) in [5, 5.41) is 13.1. The number of thioether (sulfide) groups is 1. The zero-order valence-corrected chi connectivity index (χ0v) is 14.0. The number of hydrogen-bond donors (Lipinski definition) is 0. The molecule has 0 unspecified atom stereocenters. The second-order valence-corrected chi connectivity index (χ2v) is 5.95. The van der Waals surface area contributed by atoms with Gasteiger partial charge in [-0.2, -0.15) is 9.78 Å². The molecule has 1 aliphatic heterocycles. The number of aromatic nitrogens is 3. The van der Waals surface area contributed by atoms with E-state index >= 15 is 0 Å². The van der Waals surface area contributed by atoms with E-state index in [0.29, 0.717) is 33.6 Å². The van der Waals surface area contributed by atoms with Crippen LogP contribution in [-0.4, -0.2) is 38.9 Å². The van der Waals surface area contributed by atoms with Crippen molar-refractivity contribution in [1.82, 2.24) is 14.9 Å². The number of rotatable bonds is 4. The van der Waals surface area contributed by atoms with Gasteiger partial charge in [0, 0.05) is 5.75 Å². The Labute approximate surface area is 142 Å². The molecule has 1 aromatic carbocycles. The van der Waals surface area contributed by atoms with Crippen molar-refractivity contribution < 1.29 is 13.9 Å². The SMILES string of the molecule is CCOC(=O)C(=Cc1cccc(F)c1)C1=Nn2c(C)nnc2SC1. The van der Waals surface area contributed by atoms with E-state index in [0.717, 1.165) is 0 Å². The van der Waals surface area contributed by atoms with E-state index < -0.39 is 5.97 Å². The molecule has 24 heavy (non-hydrogen) atoms. The predicted molar refractivity (Wildman–Crippen MR) is 89.3 cm³/mol. The fourth-order valence-corrected chi connectivity index (χ4v) is 3.06. The molecule has 2 aromatic rings. The van der Waals surface area contributed by atoms with Gasteiger partial charge in [0.05, 0.1) is 17.9 Å². The predicted octanol–water partition coefficient (Wildman–Crippen LogP) is 2.68. The van der Waals surface area contributed by atoms with Gasteiger partial charge in [0.1, 0.15) is 5.82 Å². The molecule has 0 amide bonds. The number of hydrogen-bond acceptors (Lipinski definition) is 6. The first-order valence-electron chi connectivity index (χ1n) is 7.36. The summed E-state index contributed by atoms with van der Waals surface area (Å²) in [4.78, 5) is 12.4. The lowest BCUT2D eigenvalue weighted by Gasteiger charge is -2.15. The molecule has 1 aliphatic rings. The molecule has 0 saturated heterocycles. The average molecular weight is 346 g/mol. The fraction of sp³-hybridized carbons (Fsp3) is 0.250. The van der Waals surface area contributed by atoms with Crippen LogP contribution in [0.2, 0.25) is 0 Å². The lowest BCUT2D eigenvalue weighted by molar-refractivity contribution is -0.137. The molecule has 0 N–H and O–H groups in total. The van der Waals surface area contributed by atoms with E-state index in [1.807, 2.05) is 0 Å². The van der Waals surface area contributed by atoms with Crippen LogP contribution in [0.1, 0.15) is 18.3 Å². The molecule has 0 bridgehead atoms. The Balaban J connectivity index is 2.04. The molecule has 0 fully saturated rings. The van der Waals surface area contributed by atoms with E-state index in [4.69, 9.17) is 4.74 Å². The van der Waals surface area contributed by atoms with E-state index in [-0.39, 0.29) is 12.4 Å². The maximum Gasteiger partial charge on any atom is 0.340 e. The minimum absolute atomic E-state index is 0.247. The standard InChI is InChI=1S/C16H15FN4O2S/c1-3-23-15(22)13(8-11-5-4-6-12(17)7-11)14-9-24-16-19-18-10(2)21(16)20-14/h4-8H,3,9H2,1-2H3. The molecule has 1 aromatic heterocycles. The number of esters is 1. The van der Waals surface area contributed by atoms with Crippen molar-refractivity contribution in [3.63, 3.8) is 0 Å². The number of nitrogens with zero attached hydrogens (tertiary/aromatic N) is 4. The maximum absolute atomic E-state index is 13.4. The first-order valence-corrected chi connectivity index (χ1v) is 8.34. The zero-order valence-electron chi connectivity index (χ0n) is 13.2. The molecule has 0 aliphatic carbocycles. The van der Waals surface area contributed by atoms with Crippen LogP contribution in [-0.2, 0) is 9.53 Å². The highest BCUT2D eigenvalue weighted by atomic mass is 32.2. The molecule has 6 nitrogen and oxygen atoms in total. The lowest BCUT2D eigenvalue weighted by atomic mass is 10.1. The third-order valence-electron chi connectivity index (χ3n) is 3.29. The molecule has 0 saturated carbocycles. The Morgan fingerprint density at radius 3 is 3.04 bits per heavy atom. The third kappa shape index (κ3) is 3.38. The minimum atomic E-state index is -0.490.